The molecule has 0 aliphatic heterocycles. The molecular weight excluding hydrogens is 357 g/mol. The Morgan fingerprint density at radius 2 is 2.08 bits per heavy atom. The molecule has 7 nitrogen and oxygen atoms in total. The van der Waals surface area contributed by atoms with Gasteiger partial charge < -0.3 is 14.5 Å². The van der Waals surface area contributed by atoms with Crippen molar-refractivity contribution >= 4 is 32.1 Å². The van der Waals surface area contributed by atoms with Crippen LogP contribution >= 0.6 is 20.2 Å². The molecule has 9 heteroatoms. The number of hydrogen-bond acceptors (Lipinski definition) is 6. The van der Waals surface area contributed by atoms with Gasteiger partial charge in [0.15, 0.2) is 5.78 Å². The molecule has 0 aromatic heterocycles. The van der Waals surface area contributed by atoms with E-state index in [9.17, 15) is 9.59 Å². The Hall–Kier alpha value is -1.24. The summed E-state index contributed by atoms with van der Waals surface area (Å²) in [6, 6.07) is 6.92. The Morgan fingerprint density at radius 3 is 2.71 bits per heavy atom. The SMILES string of the molecule is CN(C(=O)OCOP(O)O)C1(c2ccccc2Cl)CCCCC1=O. The second kappa shape index (κ2) is 8.23. The average molecular weight is 376 g/mol. The summed E-state index contributed by atoms with van der Waals surface area (Å²) in [5.41, 5.74) is -0.639. The summed E-state index contributed by atoms with van der Waals surface area (Å²) < 4.78 is 9.30. The Morgan fingerprint density at radius 1 is 1.38 bits per heavy atom. The molecule has 0 saturated heterocycles. The Kier molecular flexibility index (Phi) is 6.54. The first-order valence-corrected chi connectivity index (χ1v) is 8.93. The molecule has 1 aliphatic carbocycles. The number of likely N-dealkylation sites (N-methyl/N-ethyl adjacent to an activating group) is 1. The Labute approximate surface area is 146 Å². The molecule has 1 amide bonds. The highest BCUT2D eigenvalue weighted by atomic mass is 35.5. The molecule has 2 rings (SSSR count). The lowest BCUT2D eigenvalue weighted by Gasteiger charge is -2.43. The minimum absolute atomic E-state index is 0.103. The van der Waals surface area contributed by atoms with Gasteiger partial charge in [0, 0.05) is 24.1 Å². The fraction of sp³-hybridized carbons (Fsp3) is 0.467. The largest absolute Gasteiger partial charge is 0.422 e. The van der Waals surface area contributed by atoms with Gasteiger partial charge in [-0.2, -0.15) is 0 Å². The second-order valence-corrected chi connectivity index (χ2v) is 6.61. The predicted molar refractivity (Wildman–Crippen MR) is 88.2 cm³/mol. The number of nitrogens with zero attached hydrogens (tertiary/aromatic N) is 1. The normalized spacial score (nSPS) is 21.0. The van der Waals surface area contributed by atoms with Gasteiger partial charge in [-0.05, 0) is 25.3 Å². The lowest BCUT2D eigenvalue weighted by molar-refractivity contribution is -0.133. The minimum atomic E-state index is -2.62. The summed E-state index contributed by atoms with van der Waals surface area (Å²) in [6.45, 7) is -0.616. The predicted octanol–water partition coefficient (Wildman–Crippen LogP) is 2.93. The molecule has 2 N–H and O–H groups in total. The fourth-order valence-corrected chi connectivity index (χ4v) is 3.45. The monoisotopic (exact) mass is 375 g/mol. The standard InChI is InChI=1S/C15H19ClNO6P/c1-17(14(19)22-10-23-24(20)21)15(9-5-4-8-13(15)18)11-6-2-3-7-12(11)16/h2-3,6-7,20-21H,4-5,8-10H2,1H3. The van der Waals surface area contributed by atoms with Crippen molar-refractivity contribution in [2.24, 2.45) is 0 Å². The van der Waals surface area contributed by atoms with Crippen molar-refractivity contribution < 1.29 is 28.6 Å². The topological polar surface area (TPSA) is 96.3 Å². The third-order valence-electron chi connectivity index (χ3n) is 4.17. The summed E-state index contributed by atoms with van der Waals surface area (Å²) in [5.74, 6) is -0.103. The zero-order valence-corrected chi connectivity index (χ0v) is 14.8. The van der Waals surface area contributed by atoms with Gasteiger partial charge >= 0.3 is 14.7 Å². The third-order valence-corrected chi connectivity index (χ3v) is 4.84. The fourth-order valence-electron chi connectivity index (χ4n) is 3.01. The highest BCUT2D eigenvalue weighted by Crippen LogP contribution is 2.42. The number of rotatable bonds is 5. The van der Waals surface area contributed by atoms with Crippen molar-refractivity contribution in [3.05, 3.63) is 34.9 Å². The van der Waals surface area contributed by atoms with E-state index in [0.717, 1.165) is 12.8 Å². The lowest BCUT2D eigenvalue weighted by atomic mass is 9.74. The molecule has 0 spiro atoms. The van der Waals surface area contributed by atoms with Crippen LogP contribution in [0.2, 0.25) is 5.02 Å². The third kappa shape index (κ3) is 3.87. The number of benzene rings is 1. The maximum absolute atomic E-state index is 12.8. The first kappa shape index (κ1) is 19.1. The van der Waals surface area contributed by atoms with E-state index in [-0.39, 0.29) is 5.78 Å². The summed E-state index contributed by atoms with van der Waals surface area (Å²) in [6.07, 6.45) is 1.51. The molecule has 0 bridgehead atoms. The van der Waals surface area contributed by atoms with E-state index in [1.165, 1.54) is 11.9 Å². The van der Waals surface area contributed by atoms with E-state index in [4.69, 9.17) is 26.1 Å². The summed E-state index contributed by atoms with van der Waals surface area (Å²) in [7, 11) is -1.15. The minimum Gasteiger partial charge on any atom is -0.422 e. The van der Waals surface area contributed by atoms with Crippen LogP contribution in [0.5, 0.6) is 0 Å². The molecule has 0 heterocycles. The Bertz CT molecular complexity index is 613. The maximum Gasteiger partial charge on any atom is 0.412 e. The van der Waals surface area contributed by atoms with Crippen LogP contribution in [0.3, 0.4) is 0 Å². The van der Waals surface area contributed by atoms with Gasteiger partial charge in [0.1, 0.15) is 5.54 Å². The summed E-state index contributed by atoms with van der Waals surface area (Å²) in [5, 5.41) is 0.401. The van der Waals surface area contributed by atoms with Crippen LogP contribution in [0.15, 0.2) is 24.3 Å². The molecule has 1 atom stereocenters. The number of Topliss-reactive ketones (excluding diaryl/α,β-unsaturated/α-hetero) is 1. The smallest absolute Gasteiger partial charge is 0.412 e. The number of carbonyl (C=O) groups is 2. The zero-order chi connectivity index (χ0) is 17.7. The van der Waals surface area contributed by atoms with E-state index in [1.807, 2.05) is 0 Å². The van der Waals surface area contributed by atoms with Crippen LogP contribution in [0, 0.1) is 0 Å². The van der Waals surface area contributed by atoms with Crippen LogP contribution in [-0.2, 0) is 19.6 Å². The molecule has 24 heavy (non-hydrogen) atoms. The van der Waals surface area contributed by atoms with E-state index < -0.39 is 27.0 Å². The van der Waals surface area contributed by atoms with E-state index >= 15 is 0 Å². The molecule has 1 fully saturated rings. The number of amides is 1. The van der Waals surface area contributed by atoms with Crippen LogP contribution in [-0.4, -0.2) is 40.4 Å². The lowest BCUT2D eigenvalue weighted by Crippen LogP contribution is -2.54. The molecule has 1 saturated carbocycles. The zero-order valence-electron chi connectivity index (χ0n) is 13.1. The average Bonchev–Trinajstić information content (AvgIpc) is 2.55. The molecular formula is C15H19ClNO6P. The highest BCUT2D eigenvalue weighted by Gasteiger charge is 2.48. The van der Waals surface area contributed by atoms with Crippen molar-refractivity contribution in [3.63, 3.8) is 0 Å². The molecule has 1 aromatic rings. The quantitative estimate of drug-likeness (QED) is 0.606. The van der Waals surface area contributed by atoms with Crippen LogP contribution in [0.1, 0.15) is 31.2 Å². The second-order valence-electron chi connectivity index (χ2n) is 5.44. The summed E-state index contributed by atoms with van der Waals surface area (Å²) in [4.78, 5) is 43.7. The van der Waals surface area contributed by atoms with Crippen LogP contribution < -0.4 is 0 Å². The molecule has 1 unspecified atom stereocenters. The first-order chi connectivity index (χ1) is 11.4. The van der Waals surface area contributed by atoms with E-state index in [1.54, 1.807) is 24.3 Å². The number of carbonyl (C=O) groups excluding carboxylic acids is 2. The van der Waals surface area contributed by atoms with Crippen molar-refractivity contribution in [1.82, 2.24) is 4.90 Å². The molecule has 1 aromatic carbocycles. The van der Waals surface area contributed by atoms with Gasteiger partial charge in [-0.1, -0.05) is 29.8 Å². The van der Waals surface area contributed by atoms with Crippen molar-refractivity contribution in [3.8, 4) is 0 Å². The van der Waals surface area contributed by atoms with Gasteiger partial charge in [-0.25, -0.2) is 4.79 Å². The van der Waals surface area contributed by atoms with Gasteiger partial charge in [0.2, 0.25) is 6.79 Å². The summed E-state index contributed by atoms with van der Waals surface area (Å²) >= 11 is 6.29. The maximum atomic E-state index is 12.8. The highest BCUT2D eigenvalue weighted by molar-refractivity contribution is 7.39. The van der Waals surface area contributed by atoms with Gasteiger partial charge in [0.05, 0.1) is 0 Å². The van der Waals surface area contributed by atoms with Crippen molar-refractivity contribution in [2.45, 2.75) is 31.2 Å². The number of hydrogen-bond donors (Lipinski definition) is 2. The van der Waals surface area contributed by atoms with E-state index in [0.29, 0.717) is 23.4 Å². The molecule has 132 valence electrons. The first-order valence-electron chi connectivity index (χ1n) is 7.39. The van der Waals surface area contributed by atoms with Gasteiger partial charge in [-0.15, -0.1) is 0 Å². The van der Waals surface area contributed by atoms with E-state index in [2.05, 4.69) is 4.52 Å². The molecule has 0 radical (unpaired) electrons. The van der Waals surface area contributed by atoms with Crippen LogP contribution in [0.4, 0.5) is 4.79 Å². The van der Waals surface area contributed by atoms with Crippen molar-refractivity contribution in [1.29, 1.82) is 0 Å². The Balaban J connectivity index is 2.31. The van der Waals surface area contributed by atoms with Crippen molar-refractivity contribution in [2.75, 3.05) is 13.8 Å². The molecule has 1 aliphatic rings. The number of ketones is 1. The number of halogens is 1. The van der Waals surface area contributed by atoms with Gasteiger partial charge in [-0.3, -0.25) is 14.2 Å². The number of ether oxygens (including phenoxy) is 1. The van der Waals surface area contributed by atoms with Gasteiger partial charge in [0.25, 0.3) is 0 Å². The van der Waals surface area contributed by atoms with Crippen LogP contribution in [0.25, 0.3) is 0 Å².